The molecule has 2 unspecified atom stereocenters. The van der Waals surface area contributed by atoms with Gasteiger partial charge in [-0.25, -0.2) is 4.79 Å². The highest BCUT2D eigenvalue weighted by atomic mass is 16.4. The molecule has 0 aromatic carbocycles. The number of β-lactam (4-membered cyclic amide) rings is 1. The van der Waals surface area contributed by atoms with Gasteiger partial charge in [-0.1, -0.05) is 0 Å². The van der Waals surface area contributed by atoms with E-state index in [1.165, 1.54) is 6.92 Å². The summed E-state index contributed by atoms with van der Waals surface area (Å²) in [5.74, 6) is -2.66. The van der Waals surface area contributed by atoms with Gasteiger partial charge in [-0.3, -0.25) is 9.59 Å². The van der Waals surface area contributed by atoms with E-state index in [0.29, 0.717) is 0 Å². The first-order chi connectivity index (χ1) is 9.17. The number of hydrogen-bond acceptors (Lipinski definition) is 6. The Labute approximate surface area is 115 Å². The molecule has 0 aromatic rings. The first-order valence-electron chi connectivity index (χ1n) is 6.15. The number of rotatable bonds is 7. The van der Waals surface area contributed by atoms with E-state index in [0.717, 1.165) is 0 Å². The zero-order valence-electron chi connectivity index (χ0n) is 11.0. The topological polar surface area (TPSA) is 162 Å². The summed E-state index contributed by atoms with van der Waals surface area (Å²) < 4.78 is 0. The molecular formula is C11H19N3O6. The molecule has 1 heterocycles. The highest BCUT2D eigenvalue weighted by molar-refractivity contribution is 5.91. The first kappa shape index (κ1) is 16.3. The van der Waals surface area contributed by atoms with Crippen LogP contribution < -0.4 is 16.4 Å². The van der Waals surface area contributed by atoms with Gasteiger partial charge in [-0.2, -0.15) is 0 Å². The molecule has 1 aliphatic heterocycles. The molecule has 9 heteroatoms. The van der Waals surface area contributed by atoms with Crippen LogP contribution in [0.2, 0.25) is 0 Å². The van der Waals surface area contributed by atoms with Gasteiger partial charge in [-0.15, -0.1) is 0 Å². The molecule has 0 aromatic heterocycles. The van der Waals surface area contributed by atoms with E-state index in [1.807, 2.05) is 0 Å². The third-order valence-electron chi connectivity index (χ3n) is 3.22. The van der Waals surface area contributed by atoms with Crippen molar-refractivity contribution in [1.82, 2.24) is 10.6 Å². The lowest BCUT2D eigenvalue weighted by atomic mass is 9.88. The minimum absolute atomic E-state index is 0.000162. The third-order valence-corrected chi connectivity index (χ3v) is 3.22. The van der Waals surface area contributed by atoms with Gasteiger partial charge in [0.15, 0.2) is 11.6 Å². The van der Waals surface area contributed by atoms with Crippen molar-refractivity contribution in [3.05, 3.63) is 0 Å². The Hall–Kier alpha value is -1.71. The van der Waals surface area contributed by atoms with E-state index < -0.39 is 41.6 Å². The maximum atomic E-state index is 11.7. The lowest BCUT2D eigenvalue weighted by Gasteiger charge is -2.36. The van der Waals surface area contributed by atoms with Crippen molar-refractivity contribution < 1.29 is 29.7 Å². The van der Waals surface area contributed by atoms with Gasteiger partial charge in [-0.05, 0) is 19.8 Å². The highest BCUT2D eigenvalue weighted by Crippen LogP contribution is 2.19. The Morgan fingerprint density at radius 2 is 2.15 bits per heavy atom. The molecule has 0 spiro atoms. The minimum Gasteiger partial charge on any atom is -0.480 e. The van der Waals surface area contributed by atoms with Crippen LogP contribution in [0.5, 0.6) is 0 Å². The molecule has 0 aliphatic carbocycles. The molecule has 0 bridgehead atoms. The van der Waals surface area contributed by atoms with Crippen molar-refractivity contribution in [2.75, 3.05) is 6.54 Å². The summed E-state index contributed by atoms with van der Waals surface area (Å²) in [6, 6.07) is -2.53. The first-order valence-corrected chi connectivity index (χ1v) is 6.15. The quantitative estimate of drug-likeness (QED) is 0.270. The number of carboxylic acids is 1. The predicted molar refractivity (Wildman–Crippen MR) is 66.4 cm³/mol. The van der Waals surface area contributed by atoms with Crippen molar-refractivity contribution in [3.63, 3.8) is 0 Å². The second kappa shape index (κ2) is 6.16. The number of nitrogens with one attached hydrogen (secondary N) is 2. The molecule has 2 amide bonds. The van der Waals surface area contributed by atoms with Crippen LogP contribution >= 0.6 is 0 Å². The fraction of sp³-hybridized carbons (Fsp3) is 0.727. The number of aliphatic hydroxyl groups is 2. The second-order valence-corrected chi connectivity index (χ2v) is 4.92. The molecular weight excluding hydrogens is 270 g/mol. The summed E-state index contributed by atoms with van der Waals surface area (Å²) in [7, 11) is 0. The summed E-state index contributed by atoms with van der Waals surface area (Å²) >= 11 is 0. The number of carboxylic acid groups (broad SMARTS) is 1. The Kier molecular flexibility index (Phi) is 5.03. The summed E-state index contributed by atoms with van der Waals surface area (Å²) in [6.07, 6.45) is -1.26. The molecule has 1 rings (SSSR count). The van der Waals surface area contributed by atoms with Gasteiger partial charge in [0.1, 0.15) is 0 Å². The average Bonchev–Trinajstić information content (AvgIpc) is 2.38. The number of aliphatic hydroxyl groups excluding tert-OH is 1. The molecule has 4 atom stereocenters. The summed E-state index contributed by atoms with van der Waals surface area (Å²) in [4.78, 5) is 33.6. The maximum absolute atomic E-state index is 11.7. The summed E-state index contributed by atoms with van der Waals surface area (Å²) in [6.45, 7) is 1.33. The van der Waals surface area contributed by atoms with E-state index in [4.69, 9.17) is 10.8 Å². The molecule has 1 saturated heterocycles. The molecule has 114 valence electrons. The largest absolute Gasteiger partial charge is 0.480 e. The lowest BCUT2D eigenvalue weighted by Crippen LogP contribution is -2.65. The molecule has 20 heavy (non-hydrogen) atoms. The van der Waals surface area contributed by atoms with E-state index in [9.17, 15) is 24.6 Å². The van der Waals surface area contributed by atoms with Gasteiger partial charge >= 0.3 is 5.97 Å². The SMILES string of the molecule is C[C@@H](O)[C@H](NC(=O)C(N)CCC1(O)CNC1=O)C(=O)O. The standard InChI is InChI=1S/C11H19N3O6/c1-5(15)7(9(17)18)14-8(16)6(12)2-3-11(20)4-13-10(11)19/h5-7,15,20H,2-4,12H2,1H3,(H,13,19)(H,14,16)(H,17,18)/t5-,6?,7+,11?/m1/s1. The van der Waals surface area contributed by atoms with Gasteiger partial charge < -0.3 is 31.7 Å². The van der Waals surface area contributed by atoms with Crippen LogP contribution in [0.3, 0.4) is 0 Å². The number of β-amino-alcohol motifs (C(OH)–C–C–N with tert-alkyl or cyclic N) is 1. The van der Waals surface area contributed by atoms with Crippen LogP contribution in [-0.4, -0.2) is 63.4 Å². The lowest BCUT2D eigenvalue weighted by molar-refractivity contribution is -0.153. The Morgan fingerprint density at radius 1 is 1.55 bits per heavy atom. The summed E-state index contributed by atoms with van der Waals surface area (Å²) in [5, 5.41) is 32.2. The van der Waals surface area contributed by atoms with Crippen molar-refractivity contribution >= 4 is 17.8 Å². The van der Waals surface area contributed by atoms with Crippen molar-refractivity contribution in [3.8, 4) is 0 Å². The van der Waals surface area contributed by atoms with Crippen LogP contribution in [0.4, 0.5) is 0 Å². The van der Waals surface area contributed by atoms with Gasteiger partial charge in [0.25, 0.3) is 5.91 Å². The van der Waals surface area contributed by atoms with Gasteiger partial charge in [0, 0.05) is 0 Å². The average molecular weight is 289 g/mol. The van der Waals surface area contributed by atoms with Crippen molar-refractivity contribution in [1.29, 1.82) is 0 Å². The number of carbonyl (C=O) groups excluding carboxylic acids is 2. The molecule has 1 aliphatic rings. The zero-order valence-corrected chi connectivity index (χ0v) is 11.0. The van der Waals surface area contributed by atoms with Crippen LogP contribution in [0.1, 0.15) is 19.8 Å². The van der Waals surface area contributed by atoms with Crippen molar-refractivity contribution in [2.45, 2.75) is 43.6 Å². The zero-order chi connectivity index (χ0) is 15.5. The van der Waals surface area contributed by atoms with E-state index in [-0.39, 0.29) is 19.4 Å². The Morgan fingerprint density at radius 3 is 2.50 bits per heavy atom. The smallest absolute Gasteiger partial charge is 0.328 e. The van der Waals surface area contributed by atoms with Crippen molar-refractivity contribution in [2.24, 2.45) is 5.73 Å². The molecule has 9 nitrogen and oxygen atoms in total. The predicted octanol–water partition coefficient (Wildman–Crippen LogP) is -3.09. The van der Waals surface area contributed by atoms with Crippen LogP contribution in [0.15, 0.2) is 0 Å². The van der Waals surface area contributed by atoms with E-state index in [1.54, 1.807) is 0 Å². The Balaban J connectivity index is 2.46. The summed E-state index contributed by atoms with van der Waals surface area (Å²) in [5.41, 5.74) is 4.06. The monoisotopic (exact) mass is 289 g/mol. The van der Waals surface area contributed by atoms with E-state index in [2.05, 4.69) is 10.6 Å². The van der Waals surface area contributed by atoms with Crippen LogP contribution in [0.25, 0.3) is 0 Å². The fourth-order valence-electron chi connectivity index (χ4n) is 1.74. The van der Waals surface area contributed by atoms with Crippen LogP contribution in [0, 0.1) is 0 Å². The Bertz CT molecular complexity index is 413. The third kappa shape index (κ3) is 3.65. The maximum Gasteiger partial charge on any atom is 0.328 e. The number of hydrogen-bond donors (Lipinski definition) is 6. The number of aliphatic carboxylic acids is 1. The fourth-order valence-corrected chi connectivity index (χ4v) is 1.74. The van der Waals surface area contributed by atoms with E-state index >= 15 is 0 Å². The molecule has 7 N–H and O–H groups in total. The van der Waals surface area contributed by atoms with Gasteiger partial charge in [0.05, 0.1) is 18.7 Å². The van der Waals surface area contributed by atoms with Gasteiger partial charge in [0.2, 0.25) is 5.91 Å². The number of amides is 2. The molecule has 1 fully saturated rings. The highest BCUT2D eigenvalue weighted by Gasteiger charge is 2.44. The normalized spacial score (nSPS) is 25.9. The molecule has 0 radical (unpaired) electrons. The van der Waals surface area contributed by atoms with Crippen LogP contribution in [-0.2, 0) is 14.4 Å². The number of nitrogens with two attached hydrogens (primary N) is 1. The minimum atomic E-state index is -1.51. The number of carbonyl (C=O) groups is 3. The second-order valence-electron chi connectivity index (χ2n) is 4.92. The molecule has 0 saturated carbocycles.